The number of hydrogen-bond donors (Lipinski definition) is 1. The van der Waals surface area contributed by atoms with E-state index in [-0.39, 0.29) is 12.2 Å². The van der Waals surface area contributed by atoms with Crippen molar-refractivity contribution in [2.45, 2.75) is 20.3 Å². The molecule has 4 heteroatoms. The van der Waals surface area contributed by atoms with Crippen molar-refractivity contribution in [3.05, 3.63) is 29.2 Å². The second kappa shape index (κ2) is 3.54. The summed E-state index contributed by atoms with van der Waals surface area (Å²) in [5, 5.41) is 20.5. The molecule has 0 fully saturated rings. The fraction of sp³-hybridized carbons (Fsp3) is 0.214. The summed E-state index contributed by atoms with van der Waals surface area (Å²) in [4.78, 5) is 0. The largest absolute Gasteiger partial charge is 0.504 e. The lowest BCUT2D eigenvalue weighted by molar-refractivity contribution is 0.466. The van der Waals surface area contributed by atoms with E-state index in [9.17, 15) is 5.11 Å². The van der Waals surface area contributed by atoms with Crippen molar-refractivity contribution in [1.29, 1.82) is 5.26 Å². The van der Waals surface area contributed by atoms with E-state index in [0.29, 0.717) is 28.1 Å². The van der Waals surface area contributed by atoms with E-state index in [0.717, 1.165) is 10.9 Å². The smallest absolute Gasteiger partial charge is 0.177 e. The minimum absolute atomic E-state index is 0.0756. The Hall–Kier alpha value is -2.41. The van der Waals surface area contributed by atoms with E-state index in [4.69, 9.17) is 14.1 Å². The van der Waals surface area contributed by atoms with Crippen LogP contribution in [0.2, 0.25) is 0 Å². The van der Waals surface area contributed by atoms with Crippen molar-refractivity contribution in [1.82, 2.24) is 0 Å². The first-order valence-corrected chi connectivity index (χ1v) is 5.63. The molecule has 18 heavy (non-hydrogen) atoms. The van der Waals surface area contributed by atoms with Crippen molar-refractivity contribution in [3.8, 4) is 11.8 Å². The van der Waals surface area contributed by atoms with Gasteiger partial charge in [0.15, 0.2) is 11.3 Å². The fourth-order valence-corrected chi connectivity index (χ4v) is 2.33. The van der Waals surface area contributed by atoms with Gasteiger partial charge in [-0.2, -0.15) is 5.26 Å². The Morgan fingerprint density at radius 2 is 1.72 bits per heavy atom. The number of fused-ring (bicyclic) bond motifs is 2. The van der Waals surface area contributed by atoms with Gasteiger partial charge in [0, 0.05) is 10.9 Å². The van der Waals surface area contributed by atoms with E-state index in [1.165, 1.54) is 0 Å². The summed E-state index contributed by atoms with van der Waals surface area (Å²) in [7, 11) is 0. The molecule has 3 aromatic rings. The van der Waals surface area contributed by atoms with E-state index in [1.807, 2.05) is 19.9 Å². The number of furan rings is 2. The van der Waals surface area contributed by atoms with Crippen LogP contribution in [0.3, 0.4) is 0 Å². The summed E-state index contributed by atoms with van der Waals surface area (Å²) in [6.45, 7) is 3.62. The number of nitriles is 1. The lowest BCUT2D eigenvalue weighted by Gasteiger charge is -2.01. The molecular formula is C14H11NO3. The number of aromatic hydroxyl groups is 1. The summed E-state index contributed by atoms with van der Waals surface area (Å²) in [5.74, 6) is 1.47. The van der Waals surface area contributed by atoms with Crippen molar-refractivity contribution < 1.29 is 13.9 Å². The zero-order valence-electron chi connectivity index (χ0n) is 10.1. The highest BCUT2D eigenvalue weighted by Crippen LogP contribution is 2.40. The molecule has 0 saturated heterocycles. The van der Waals surface area contributed by atoms with E-state index in [2.05, 4.69) is 6.07 Å². The van der Waals surface area contributed by atoms with Gasteiger partial charge >= 0.3 is 0 Å². The van der Waals surface area contributed by atoms with Crippen molar-refractivity contribution >= 4 is 21.9 Å². The highest BCUT2D eigenvalue weighted by Gasteiger charge is 2.19. The van der Waals surface area contributed by atoms with Gasteiger partial charge in [0.2, 0.25) is 0 Å². The molecule has 0 atom stereocenters. The molecule has 0 bridgehead atoms. The Morgan fingerprint density at radius 3 is 2.39 bits per heavy atom. The van der Waals surface area contributed by atoms with Gasteiger partial charge in [0.05, 0.1) is 17.9 Å². The fourth-order valence-electron chi connectivity index (χ4n) is 2.33. The molecule has 0 aliphatic carbocycles. The molecule has 90 valence electrons. The second-order valence-electron chi connectivity index (χ2n) is 4.36. The predicted octanol–water partition coefficient (Wildman–Crippen LogP) is 3.57. The monoisotopic (exact) mass is 241 g/mol. The molecule has 1 N–H and O–H groups in total. The Morgan fingerprint density at radius 1 is 1.11 bits per heavy atom. The molecule has 0 radical (unpaired) electrons. The third-order valence-corrected chi connectivity index (χ3v) is 3.04. The Kier molecular flexibility index (Phi) is 2.11. The van der Waals surface area contributed by atoms with Crippen LogP contribution in [0.4, 0.5) is 0 Å². The number of nitrogens with zero attached hydrogens (tertiary/aromatic N) is 1. The average Bonchev–Trinajstić information content (AvgIpc) is 2.88. The van der Waals surface area contributed by atoms with Gasteiger partial charge in [0.25, 0.3) is 0 Å². The SMILES string of the molecule is Cc1cc2c(CC#N)c3oc(C)cc3c(O)c2o1. The third-order valence-electron chi connectivity index (χ3n) is 3.04. The molecule has 4 nitrogen and oxygen atoms in total. The normalized spacial score (nSPS) is 11.2. The van der Waals surface area contributed by atoms with E-state index < -0.39 is 0 Å². The van der Waals surface area contributed by atoms with Crippen LogP contribution >= 0.6 is 0 Å². The molecule has 0 saturated carbocycles. The van der Waals surface area contributed by atoms with Crippen molar-refractivity contribution in [2.75, 3.05) is 0 Å². The lowest BCUT2D eigenvalue weighted by Crippen LogP contribution is -1.84. The molecule has 2 aromatic heterocycles. The molecule has 0 spiro atoms. The summed E-state index contributed by atoms with van der Waals surface area (Å²) in [6, 6.07) is 5.69. The van der Waals surface area contributed by atoms with Crippen molar-refractivity contribution in [3.63, 3.8) is 0 Å². The van der Waals surface area contributed by atoms with Crippen LogP contribution in [-0.4, -0.2) is 5.11 Å². The molecular weight excluding hydrogens is 230 g/mol. The van der Waals surface area contributed by atoms with Crippen LogP contribution in [0, 0.1) is 25.2 Å². The number of benzene rings is 1. The van der Waals surface area contributed by atoms with Gasteiger partial charge < -0.3 is 13.9 Å². The second-order valence-corrected chi connectivity index (χ2v) is 4.36. The maximum atomic E-state index is 10.2. The van der Waals surface area contributed by atoms with Gasteiger partial charge in [-0.25, -0.2) is 0 Å². The van der Waals surface area contributed by atoms with Crippen LogP contribution in [0.1, 0.15) is 17.1 Å². The summed E-state index contributed by atoms with van der Waals surface area (Å²) in [5.41, 5.74) is 1.76. The third kappa shape index (κ3) is 1.31. The molecule has 0 unspecified atom stereocenters. The first kappa shape index (κ1) is 10.7. The van der Waals surface area contributed by atoms with Crippen LogP contribution in [0.15, 0.2) is 21.0 Å². The van der Waals surface area contributed by atoms with Crippen molar-refractivity contribution in [2.24, 2.45) is 0 Å². The Bertz CT molecular complexity index is 744. The highest BCUT2D eigenvalue weighted by molar-refractivity contribution is 6.04. The van der Waals surface area contributed by atoms with Gasteiger partial charge in [-0.1, -0.05) is 0 Å². The molecule has 3 rings (SSSR count). The van der Waals surface area contributed by atoms with Crippen LogP contribution in [-0.2, 0) is 6.42 Å². The first-order valence-electron chi connectivity index (χ1n) is 5.63. The topological polar surface area (TPSA) is 70.3 Å². The Balaban J connectivity index is 2.57. The van der Waals surface area contributed by atoms with Gasteiger partial charge in [-0.3, -0.25) is 0 Å². The first-order chi connectivity index (χ1) is 8.61. The summed E-state index contributed by atoms with van der Waals surface area (Å²) >= 11 is 0. The summed E-state index contributed by atoms with van der Waals surface area (Å²) < 4.78 is 11.1. The average molecular weight is 241 g/mol. The van der Waals surface area contributed by atoms with Gasteiger partial charge in [-0.05, 0) is 26.0 Å². The number of phenols is 1. The number of aryl methyl sites for hydroxylation is 2. The molecule has 0 amide bonds. The maximum Gasteiger partial charge on any atom is 0.177 e. The summed E-state index contributed by atoms with van der Waals surface area (Å²) in [6.07, 6.45) is 0.221. The van der Waals surface area contributed by atoms with Crippen LogP contribution in [0.25, 0.3) is 21.9 Å². The highest BCUT2D eigenvalue weighted by atomic mass is 16.4. The molecule has 0 aliphatic heterocycles. The van der Waals surface area contributed by atoms with Gasteiger partial charge in [-0.15, -0.1) is 0 Å². The number of rotatable bonds is 1. The molecule has 1 aromatic carbocycles. The molecule has 2 heterocycles. The molecule has 0 aliphatic rings. The standard InChI is InChI=1S/C14H11NO3/c1-7-5-10-9(3-4-15)13-11(6-8(2)17-13)12(16)14(10)18-7/h5-6,16H,3H2,1-2H3. The minimum atomic E-state index is 0.0756. The number of phenolic OH excluding ortho intramolecular Hbond substituents is 1. The predicted molar refractivity (Wildman–Crippen MR) is 66.4 cm³/mol. The minimum Gasteiger partial charge on any atom is -0.504 e. The quantitative estimate of drug-likeness (QED) is 0.707. The van der Waals surface area contributed by atoms with E-state index >= 15 is 0 Å². The maximum absolute atomic E-state index is 10.2. The Labute approximate surface area is 103 Å². The van der Waals surface area contributed by atoms with Crippen LogP contribution < -0.4 is 0 Å². The van der Waals surface area contributed by atoms with Crippen LogP contribution in [0.5, 0.6) is 5.75 Å². The number of hydrogen-bond acceptors (Lipinski definition) is 4. The van der Waals surface area contributed by atoms with Gasteiger partial charge in [0.1, 0.15) is 17.1 Å². The van der Waals surface area contributed by atoms with E-state index in [1.54, 1.807) is 6.07 Å². The zero-order valence-corrected chi connectivity index (χ0v) is 10.1. The zero-order chi connectivity index (χ0) is 12.9. The lowest BCUT2D eigenvalue weighted by atomic mass is 10.0.